The van der Waals surface area contributed by atoms with Gasteiger partial charge in [-0.3, -0.25) is 4.79 Å². The smallest absolute Gasteiger partial charge is 0.224 e. The van der Waals surface area contributed by atoms with E-state index in [9.17, 15) is 4.79 Å². The first kappa shape index (κ1) is 20.3. The molecule has 32 heavy (non-hydrogen) atoms. The van der Waals surface area contributed by atoms with Crippen LogP contribution in [-0.2, 0) is 11.2 Å². The van der Waals surface area contributed by atoms with Gasteiger partial charge in [-0.2, -0.15) is 0 Å². The third-order valence-corrected chi connectivity index (χ3v) is 6.05. The number of hydrogen-bond donors (Lipinski definition) is 1. The van der Waals surface area contributed by atoms with E-state index >= 15 is 0 Å². The summed E-state index contributed by atoms with van der Waals surface area (Å²) in [6.07, 6.45) is 3.73. The quantitative estimate of drug-likeness (QED) is 0.358. The van der Waals surface area contributed by atoms with Crippen LogP contribution in [0, 0.1) is 6.92 Å². The van der Waals surface area contributed by atoms with Crippen LogP contribution in [0.4, 0.5) is 5.69 Å². The molecule has 1 aromatic heterocycles. The van der Waals surface area contributed by atoms with Crippen molar-refractivity contribution in [3.05, 3.63) is 95.7 Å². The van der Waals surface area contributed by atoms with Gasteiger partial charge in [0.05, 0.1) is 0 Å². The topological polar surface area (TPSA) is 55.1 Å². The summed E-state index contributed by atoms with van der Waals surface area (Å²) in [5.41, 5.74) is 7.14. The molecule has 4 heteroatoms. The second-order valence-electron chi connectivity index (χ2n) is 8.48. The molecule has 160 valence electrons. The highest BCUT2D eigenvalue weighted by molar-refractivity contribution is 5.95. The second-order valence-corrected chi connectivity index (χ2v) is 8.48. The van der Waals surface area contributed by atoms with Crippen molar-refractivity contribution in [1.82, 2.24) is 5.16 Å². The number of nitrogens with zero attached hydrogens (tertiary/aromatic N) is 1. The summed E-state index contributed by atoms with van der Waals surface area (Å²) in [7, 11) is 0. The summed E-state index contributed by atoms with van der Waals surface area (Å²) in [6, 6.07) is 27.1. The van der Waals surface area contributed by atoms with Crippen molar-refractivity contribution < 1.29 is 9.32 Å². The Morgan fingerprint density at radius 3 is 2.19 bits per heavy atom. The first-order valence-corrected chi connectivity index (χ1v) is 11.2. The molecule has 1 aliphatic carbocycles. The number of carbonyl (C=O) groups excluding carboxylic acids is 1. The number of rotatable bonds is 7. The van der Waals surface area contributed by atoms with Gasteiger partial charge >= 0.3 is 0 Å². The van der Waals surface area contributed by atoms with Gasteiger partial charge in [0.15, 0.2) is 5.76 Å². The van der Waals surface area contributed by atoms with Crippen LogP contribution in [-0.4, -0.2) is 11.1 Å². The first-order valence-electron chi connectivity index (χ1n) is 11.2. The molecular formula is C28H26N2O2. The molecule has 1 aliphatic rings. The van der Waals surface area contributed by atoms with Crippen LogP contribution in [0.2, 0.25) is 0 Å². The monoisotopic (exact) mass is 422 g/mol. The molecule has 0 spiro atoms. The van der Waals surface area contributed by atoms with Gasteiger partial charge in [-0.1, -0.05) is 84.0 Å². The van der Waals surface area contributed by atoms with Gasteiger partial charge in [-0.25, -0.2) is 0 Å². The fraction of sp³-hybridized carbons (Fsp3) is 0.214. The Morgan fingerprint density at radius 1 is 0.906 bits per heavy atom. The van der Waals surface area contributed by atoms with E-state index in [1.807, 2.05) is 49.4 Å². The van der Waals surface area contributed by atoms with E-state index in [2.05, 4.69) is 46.9 Å². The normalized spacial score (nSPS) is 13.2. The number of anilines is 1. The first-order chi connectivity index (χ1) is 15.7. The zero-order valence-corrected chi connectivity index (χ0v) is 18.2. The molecule has 5 rings (SSSR count). The summed E-state index contributed by atoms with van der Waals surface area (Å²) >= 11 is 0. The van der Waals surface area contributed by atoms with Gasteiger partial charge < -0.3 is 9.84 Å². The van der Waals surface area contributed by atoms with Crippen molar-refractivity contribution in [3.63, 3.8) is 0 Å². The Hall–Kier alpha value is -3.66. The lowest BCUT2D eigenvalue weighted by Crippen LogP contribution is -2.13. The third-order valence-electron chi connectivity index (χ3n) is 6.05. The maximum absolute atomic E-state index is 12.6. The molecule has 0 aliphatic heterocycles. The number of aromatic nitrogens is 1. The standard InChI is InChI=1S/C28H26N2O2/c1-19-27(29-26(31)18-7-20-5-3-2-4-6-20)28(32-30-19)25-16-14-24(15-17-25)23-12-10-22(11-13-23)21-8-9-21/h2-6,10-17,21H,7-9,18H2,1H3,(H,29,31). The zero-order chi connectivity index (χ0) is 21.9. The van der Waals surface area contributed by atoms with E-state index in [1.54, 1.807) is 0 Å². The van der Waals surface area contributed by atoms with Crippen LogP contribution in [0.25, 0.3) is 22.5 Å². The summed E-state index contributed by atoms with van der Waals surface area (Å²) in [5.74, 6) is 1.31. The molecule has 0 atom stereocenters. The summed E-state index contributed by atoms with van der Waals surface area (Å²) in [4.78, 5) is 12.6. The van der Waals surface area contributed by atoms with Crippen molar-refractivity contribution in [2.75, 3.05) is 5.32 Å². The number of hydrogen-bond acceptors (Lipinski definition) is 3. The van der Waals surface area contributed by atoms with E-state index in [0.29, 0.717) is 30.0 Å². The SMILES string of the molecule is Cc1noc(-c2ccc(-c3ccc(C4CC4)cc3)cc2)c1NC(=O)CCc1ccccc1. The molecule has 4 aromatic rings. The van der Waals surface area contributed by atoms with Gasteiger partial charge in [-0.15, -0.1) is 0 Å². The Labute approximate surface area is 188 Å². The lowest BCUT2D eigenvalue weighted by molar-refractivity contribution is -0.116. The molecule has 0 bridgehead atoms. The minimum Gasteiger partial charge on any atom is -0.354 e. The number of nitrogens with one attached hydrogen (secondary N) is 1. The highest BCUT2D eigenvalue weighted by Gasteiger charge is 2.23. The van der Waals surface area contributed by atoms with Crippen LogP contribution < -0.4 is 5.32 Å². The third kappa shape index (κ3) is 4.50. The van der Waals surface area contributed by atoms with Crippen molar-refractivity contribution >= 4 is 11.6 Å². The van der Waals surface area contributed by atoms with E-state index in [0.717, 1.165) is 22.6 Å². The van der Waals surface area contributed by atoms with Crippen LogP contribution in [0.15, 0.2) is 83.4 Å². The predicted octanol–water partition coefficient (Wildman–Crippen LogP) is 6.77. The summed E-state index contributed by atoms with van der Waals surface area (Å²) in [6.45, 7) is 1.84. The number of aryl methyl sites for hydroxylation is 2. The average Bonchev–Trinajstić information content (AvgIpc) is 3.63. The second kappa shape index (κ2) is 8.83. The molecule has 3 aromatic carbocycles. The maximum atomic E-state index is 12.6. The summed E-state index contributed by atoms with van der Waals surface area (Å²) < 4.78 is 5.58. The minimum absolute atomic E-state index is 0.0474. The van der Waals surface area contributed by atoms with Gasteiger partial charge in [0.2, 0.25) is 5.91 Å². The highest BCUT2D eigenvalue weighted by Crippen LogP contribution is 2.40. The molecule has 0 saturated heterocycles. The van der Waals surface area contributed by atoms with Crippen LogP contribution in [0.5, 0.6) is 0 Å². The van der Waals surface area contributed by atoms with Crippen molar-refractivity contribution in [2.45, 2.75) is 38.5 Å². The molecule has 1 fully saturated rings. The molecule has 1 saturated carbocycles. The number of amides is 1. The lowest BCUT2D eigenvalue weighted by Gasteiger charge is -2.08. The maximum Gasteiger partial charge on any atom is 0.224 e. The summed E-state index contributed by atoms with van der Waals surface area (Å²) in [5, 5.41) is 7.09. The molecule has 1 N–H and O–H groups in total. The van der Waals surface area contributed by atoms with Crippen molar-refractivity contribution in [3.8, 4) is 22.5 Å². The van der Waals surface area contributed by atoms with Crippen LogP contribution in [0.3, 0.4) is 0 Å². The predicted molar refractivity (Wildman–Crippen MR) is 127 cm³/mol. The Kier molecular flexibility index (Phi) is 5.59. The van der Waals surface area contributed by atoms with Crippen molar-refractivity contribution in [2.24, 2.45) is 0 Å². The van der Waals surface area contributed by atoms with E-state index in [4.69, 9.17) is 4.52 Å². The fourth-order valence-electron chi connectivity index (χ4n) is 4.00. The van der Waals surface area contributed by atoms with Gasteiger partial charge in [0, 0.05) is 12.0 Å². The molecule has 0 unspecified atom stereocenters. The Balaban J connectivity index is 1.29. The van der Waals surface area contributed by atoms with Crippen LogP contribution >= 0.6 is 0 Å². The van der Waals surface area contributed by atoms with Gasteiger partial charge in [0.1, 0.15) is 11.4 Å². The largest absolute Gasteiger partial charge is 0.354 e. The number of benzene rings is 3. The van der Waals surface area contributed by atoms with Gasteiger partial charge in [0.25, 0.3) is 0 Å². The van der Waals surface area contributed by atoms with Crippen molar-refractivity contribution in [1.29, 1.82) is 0 Å². The highest BCUT2D eigenvalue weighted by atomic mass is 16.5. The Morgan fingerprint density at radius 2 is 1.53 bits per heavy atom. The van der Waals surface area contributed by atoms with Crippen LogP contribution in [0.1, 0.15) is 42.0 Å². The molecule has 1 amide bonds. The fourth-order valence-corrected chi connectivity index (χ4v) is 4.00. The molecule has 1 heterocycles. The average molecular weight is 423 g/mol. The van der Waals surface area contributed by atoms with Gasteiger partial charge in [-0.05, 0) is 54.4 Å². The molecule has 4 nitrogen and oxygen atoms in total. The number of carbonyl (C=O) groups is 1. The minimum atomic E-state index is -0.0474. The molecular weight excluding hydrogens is 396 g/mol. The van der Waals surface area contributed by atoms with E-state index < -0.39 is 0 Å². The zero-order valence-electron chi connectivity index (χ0n) is 18.2. The lowest BCUT2D eigenvalue weighted by atomic mass is 10.0. The van der Waals surface area contributed by atoms with E-state index in [1.165, 1.54) is 24.0 Å². The molecule has 0 radical (unpaired) electrons. The van der Waals surface area contributed by atoms with E-state index in [-0.39, 0.29) is 5.91 Å². The Bertz CT molecular complexity index is 1200.